The van der Waals surface area contributed by atoms with Crippen molar-refractivity contribution in [2.45, 2.75) is 45.4 Å². The molecule has 4 nitrogen and oxygen atoms in total. The van der Waals surface area contributed by atoms with E-state index in [0.29, 0.717) is 35.6 Å². The number of hydrogen-bond donors (Lipinski definition) is 1. The molecule has 0 saturated carbocycles. The molecule has 0 bridgehead atoms. The van der Waals surface area contributed by atoms with Crippen LogP contribution in [0.2, 0.25) is 0 Å². The number of aromatic nitrogens is 1. The Morgan fingerprint density at radius 1 is 0.966 bits per heavy atom. The minimum atomic E-state index is -0.114. The first-order valence-corrected chi connectivity index (χ1v) is 10.6. The number of carbonyl (C=O) groups excluding carboxylic acids is 1. The van der Waals surface area contributed by atoms with Gasteiger partial charge in [0, 0.05) is 30.1 Å². The number of likely N-dealkylation sites (tertiary alicyclic amines) is 1. The van der Waals surface area contributed by atoms with E-state index < -0.39 is 0 Å². The summed E-state index contributed by atoms with van der Waals surface area (Å²) in [6.45, 7) is 5.79. The van der Waals surface area contributed by atoms with Gasteiger partial charge < -0.3 is 9.88 Å². The molecule has 1 aliphatic rings. The van der Waals surface area contributed by atoms with Gasteiger partial charge >= 0.3 is 0 Å². The molecule has 152 valence electrons. The van der Waals surface area contributed by atoms with Crippen molar-refractivity contribution in [1.29, 1.82) is 0 Å². The molecule has 0 atom stereocenters. The maximum atomic E-state index is 12.8. The molecule has 0 aliphatic carbocycles. The third-order valence-electron chi connectivity index (χ3n) is 5.52. The molecule has 1 amide bonds. The summed E-state index contributed by atoms with van der Waals surface area (Å²) in [7, 11) is 0. The molecule has 0 radical (unpaired) electrons. The molecular formula is C25H30N2O2. The quantitative estimate of drug-likeness (QED) is 0.655. The Bertz CT molecular complexity index is 984. The van der Waals surface area contributed by atoms with Crippen molar-refractivity contribution in [2.24, 2.45) is 0 Å². The third-order valence-corrected chi connectivity index (χ3v) is 5.52. The van der Waals surface area contributed by atoms with Gasteiger partial charge in [-0.1, -0.05) is 69.2 Å². The SMILES string of the molecule is CCCC.O=C(c1cc(=O)c2ccccc2[nH]1)N1CCC(c2ccccc2)CC1. The number of hydrogen-bond acceptors (Lipinski definition) is 2. The second-order valence-corrected chi connectivity index (χ2v) is 7.57. The first-order chi connectivity index (χ1) is 14.1. The highest BCUT2D eigenvalue weighted by Crippen LogP contribution is 2.28. The van der Waals surface area contributed by atoms with Crippen LogP contribution in [0.15, 0.2) is 65.5 Å². The summed E-state index contributed by atoms with van der Waals surface area (Å²) in [5, 5.41) is 0.613. The Balaban J connectivity index is 0.000000552. The minimum absolute atomic E-state index is 0.0886. The van der Waals surface area contributed by atoms with Gasteiger partial charge in [-0.3, -0.25) is 9.59 Å². The highest BCUT2D eigenvalue weighted by molar-refractivity contribution is 5.94. The standard InChI is InChI=1S/C21H20N2O2.C4H10/c24-20-14-19(22-18-9-5-4-8-17(18)20)21(25)23-12-10-16(11-13-23)15-6-2-1-3-7-15;1-3-4-2/h1-9,14,16H,10-13H2,(H,22,24);3-4H2,1-2H3. The lowest BCUT2D eigenvalue weighted by molar-refractivity contribution is 0.0707. The number of H-pyrrole nitrogens is 1. The van der Waals surface area contributed by atoms with E-state index in [1.807, 2.05) is 29.2 Å². The van der Waals surface area contributed by atoms with E-state index in [-0.39, 0.29) is 11.3 Å². The van der Waals surface area contributed by atoms with Crippen LogP contribution in [0, 0.1) is 0 Å². The highest BCUT2D eigenvalue weighted by atomic mass is 16.2. The lowest BCUT2D eigenvalue weighted by Crippen LogP contribution is -2.38. The summed E-state index contributed by atoms with van der Waals surface area (Å²) >= 11 is 0. The lowest BCUT2D eigenvalue weighted by Gasteiger charge is -2.32. The number of carbonyl (C=O) groups is 1. The van der Waals surface area contributed by atoms with Gasteiger partial charge in [-0.05, 0) is 36.5 Å². The molecule has 1 N–H and O–H groups in total. The lowest BCUT2D eigenvalue weighted by atomic mass is 9.89. The fourth-order valence-corrected chi connectivity index (χ4v) is 3.62. The number of piperidine rings is 1. The van der Waals surface area contributed by atoms with Crippen LogP contribution in [0.1, 0.15) is 61.5 Å². The van der Waals surface area contributed by atoms with Gasteiger partial charge in [0.25, 0.3) is 5.91 Å². The van der Waals surface area contributed by atoms with Crippen molar-refractivity contribution in [1.82, 2.24) is 9.88 Å². The number of aromatic amines is 1. The summed E-state index contributed by atoms with van der Waals surface area (Å²) in [4.78, 5) is 30.0. The summed E-state index contributed by atoms with van der Waals surface area (Å²) in [6.07, 6.45) is 4.54. The number of para-hydroxylation sites is 1. The van der Waals surface area contributed by atoms with Gasteiger partial charge in [-0.25, -0.2) is 0 Å². The number of unbranched alkanes of at least 4 members (excludes halogenated alkanes) is 1. The fraction of sp³-hybridized carbons (Fsp3) is 0.360. The van der Waals surface area contributed by atoms with Crippen molar-refractivity contribution < 1.29 is 4.79 Å². The fourth-order valence-electron chi connectivity index (χ4n) is 3.62. The zero-order valence-corrected chi connectivity index (χ0v) is 17.4. The zero-order chi connectivity index (χ0) is 20.6. The monoisotopic (exact) mass is 390 g/mol. The van der Waals surface area contributed by atoms with Crippen LogP contribution in [-0.4, -0.2) is 28.9 Å². The second-order valence-electron chi connectivity index (χ2n) is 7.57. The van der Waals surface area contributed by atoms with Crippen LogP contribution in [0.5, 0.6) is 0 Å². The average Bonchev–Trinajstić information content (AvgIpc) is 2.79. The van der Waals surface area contributed by atoms with Gasteiger partial charge in [0.1, 0.15) is 5.69 Å². The summed E-state index contributed by atoms with van der Waals surface area (Å²) in [6, 6.07) is 19.2. The zero-order valence-electron chi connectivity index (χ0n) is 17.4. The predicted molar refractivity (Wildman–Crippen MR) is 119 cm³/mol. The molecule has 4 rings (SSSR count). The number of benzene rings is 2. The maximum absolute atomic E-state index is 12.8. The van der Waals surface area contributed by atoms with Gasteiger partial charge in [0.15, 0.2) is 5.43 Å². The first kappa shape index (κ1) is 20.8. The van der Waals surface area contributed by atoms with Crippen LogP contribution in [0.4, 0.5) is 0 Å². The Kier molecular flexibility index (Phi) is 7.23. The van der Waals surface area contributed by atoms with E-state index in [9.17, 15) is 9.59 Å². The predicted octanol–water partition coefficient (Wildman–Crippen LogP) is 5.35. The number of nitrogens with zero attached hydrogens (tertiary/aromatic N) is 1. The van der Waals surface area contributed by atoms with Crippen molar-refractivity contribution in [3.05, 3.63) is 82.1 Å². The Labute approximate surface area is 172 Å². The minimum Gasteiger partial charge on any atom is -0.350 e. The highest BCUT2D eigenvalue weighted by Gasteiger charge is 2.25. The summed E-state index contributed by atoms with van der Waals surface area (Å²) in [5.74, 6) is 0.412. The molecule has 1 fully saturated rings. The van der Waals surface area contributed by atoms with Gasteiger partial charge in [-0.2, -0.15) is 0 Å². The molecule has 4 heteroatoms. The van der Waals surface area contributed by atoms with E-state index >= 15 is 0 Å². The number of amides is 1. The van der Waals surface area contributed by atoms with Crippen LogP contribution >= 0.6 is 0 Å². The van der Waals surface area contributed by atoms with Crippen LogP contribution in [-0.2, 0) is 0 Å². The number of pyridine rings is 1. The molecule has 2 aromatic carbocycles. The number of rotatable bonds is 3. The van der Waals surface area contributed by atoms with E-state index in [0.717, 1.165) is 12.8 Å². The van der Waals surface area contributed by atoms with E-state index in [2.05, 4.69) is 43.1 Å². The van der Waals surface area contributed by atoms with E-state index in [1.54, 1.807) is 6.07 Å². The average molecular weight is 391 g/mol. The normalized spacial score (nSPS) is 14.3. The Morgan fingerprint density at radius 3 is 2.24 bits per heavy atom. The van der Waals surface area contributed by atoms with Crippen molar-refractivity contribution >= 4 is 16.8 Å². The van der Waals surface area contributed by atoms with Gasteiger partial charge in [0.2, 0.25) is 0 Å². The topological polar surface area (TPSA) is 53.2 Å². The van der Waals surface area contributed by atoms with Crippen molar-refractivity contribution in [3.8, 4) is 0 Å². The number of fused-ring (bicyclic) bond motifs is 1. The number of nitrogens with one attached hydrogen (secondary N) is 1. The Morgan fingerprint density at radius 2 is 1.59 bits per heavy atom. The maximum Gasteiger partial charge on any atom is 0.270 e. The Hall–Kier alpha value is -2.88. The first-order valence-electron chi connectivity index (χ1n) is 10.6. The molecule has 0 unspecified atom stereocenters. The van der Waals surface area contributed by atoms with Crippen LogP contribution in [0.25, 0.3) is 10.9 Å². The molecule has 1 saturated heterocycles. The van der Waals surface area contributed by atoms with Crippen molar-refractivity contribution in [2.75, 3.05) is 13.1 Å². The van der Waals surface area contributed by atoms with Crippen LogP contribution < -0.4 is 5.43 Å². The molecule has 0 spiro atoms. The van der Waals surface area contributed by atoms with E-state index in [1.165, 1.54) is 24.5 Å². The second kappa shape index (κ2) is 10.1. The van der Waals surface area contributed by atoms with Crippen LogP contribution in [0.3, 0.4) is 0 Å². The molecule has 3 aromatic rings. The van der Waals surface area contributed by atoms with Gasteiger partial charge in [-0.15, -0.1) is 0 Å². The molecule has 1 aromatic heterocycles. The summed E-state index contributed by atoms with van der Waals surface area (Å²) in [5.41, 5.74) is 2.31. The summed E-state index contributed by atoms with van der Waals surface area (Å²) < 4.78 is 0. The molecule has 1 aliphatic heterocycles. The molecule has 2 heterocycles. The third kappa shape index (κ3) is 5.14. The molecule has 29 heavy (non-hydrogen) atoms. The smallest absolute Gasteiger partial charge is 0.270 e. The molecular weight excluding hydrogens is 360 g/mol. The van der Waals surface area contributed by atoms with E-state index in [4.69, 9.17) is 0 Å². The van der Waals surface area contributed by atoms with Crippen molar-refractivity contribution in [3.63, 3.8) is 0 Å². The van der Waals surface area contributed by atoms with Gasteiger partial charge in [0.05, 0.1) is 0 Å². The largest absolute Gasteiger partial charge is 0.350 e.